The van der Waals surface area contributed by atoms with E-state index in [1.54, 1.807) is 38.3 Å². The summed E-state index contributed by atoms with van der Waals surface area (Å²) in [5.41, 5.74) is 0.479. The van der Waals surface area contributed by atoms with Crippen molar-refractivity contribution in [3.05, 3.63) is 29.8 Å². The maximum atomic E-state index is 12.4. The van der Waals surface area contributed by atoms with Gasteiger partial charge in [0.25, 0.3) is 11.7 Å². The van der Waals surface area contributed by atoms with E-state index >= 15 is 0 Å². The molecule has 8 nitrogen and oxygen atoms in total. The standard InChI is InChI=1S/C22H31NO7/c1-15(24)19(23-20(25)17-9-11-18(27-3)12-10-17)8-6-5-7-16-13-29-22(2,30-14-16)21(26)28-4/h9-12,16,19H,5-8,13-14H2,1-4H3,(H,23,25). The first-order valence-electron chi connectivity index (χ1n) is 10.1. The van der Waals surface area contributed by atoms with Gasteiger partial charge < -0.3 is 24.3 Å². The number of amides is 1. The Labute approximate surface area is 177 Å². The Morgan fingerprint density at radius 1 is 1.13 bits per heavy atom. The SMILES string of the molecule is COC(=O)C1(C)OCC(CCCCC(NC(=O)c2ccc(OC)cc2)C(C)=O)CO1. The number of unbranched alkanes of at least 4 members (excludes halogenated alkanes) is 1. The minimum Gasteiger partial charge on any atom is -0.497 e. The predicted octanol–water partition coefficient (Wildman–Crippen LogP) is 2.50. The number of rotatable bonds is 10. The molecule has 30 heavy (non-hydrogen) atoms. The van der Waals surface area contributed by atoms with E-state index in [0.29, 0.717) is 30.9 Å². The molecule has 0 radical (unpaired) electrons. The number of carbonyl (C=O) groups excluding carboxylic acids is 3. The van der Waals surface area contributed by atoms with Crippen LogP contribution in [0.25, 0.3) is 0 Å². The molecule has 2 rings (SSSR count). The third-order valence-electron chi connectivity index (χ3n) is 5.25. The van der Waals surface area contributed by atoms with Gasteiger partial charge in [0, 0.05) is 18.4 Å². The second kappa shape index (κ2) is 11.1. The van der Waals surface area contributed by atoms with Crippen molar-refractivity contribution in [3.63, 3.8) is 0 Å². The summed E-state index contributed by atoms with van der Waals surface area (Å²) in [6, 6.07) is 6.21. The van der Waals surface area contributed by atoms with Crippen LogP contribution in [0.15, 0.2) is 24.3 Å². The largest absolute Gasteiger partial charge is 0.497 e. The summed E-state index contributed by atoms with van der Waals surface area (Å²) in [7, 11) is 2.86. The third-order valence-corrected chi connectivity index (χ3v) is 5.25. The van der Waals surface area contributed by atoms with Crippen LogP contribution in [0.4, 0.5) is 0 Å². The fourth-order valence-electron chi connectivity index (χ4n) is 3.26. The molecule has 0 bridgehead atoms. The van der Waals surface area contributed by atoms with Crippen LogP contribution in [0, 0.1) is 5.92 Å². The number of benzene rings is 1. The van der Waals surface area contributed by atoms with Gasteiger partial charge in [-0.15, -0.1) is 0 Å². The van der Waals surface area contributed by atoms with Crippen molar-refractivity contribution in [1.82, 2.24) is 5.32 Å². The number of methoxy groups -OCH3 is 2. The van der Waals surface area contributed by atoms with Gasteiger partial charge in [0.05, 0.1) is 33.5 Å². The van der Waals surface area contributed by atoms with E-state index in [9.17, 15) is 14.4 Å². The van der Waals surface area contributed by atoms with Gasteiger partial charge in [0.1, 0.15) is 5.75 Å². The third kappa shape index (κ3) is 6.53. The Kier molecular flexibility index (Phi) is 8.80. The molecule has 1 heterocycles. The minimum atomic E-state index is -1.34. The molecule has 8 heteroatoms. The van der Waals surface area contributed by atoms with E-state index in [4.69, 9.17) is 14.2 Å². The smallest absolute Gasteiger partial charge is 0.366 e. The second-order valence-electron chi connectivity index (χ2n) is 7.57. The van der Waals surface area contributed by atoms with Gasteiger partial charge in [0.2, 0.25) is 0 Å². The number of nitrogens with one attached hydrogen (secondary N) is 1. The van der Waals surface area contributed by atoms with Crippen LogP contribution in [0.3, 0.4) is 0 Å². The summed E-state index contributed by atoms with van der Waals surface area (Å²) < 4.78 is 20.9. The zero-order chi connectivity index (χ0) is 22.1. The van der Waals surface area contributed by atoms with Gasteiger partial charge in [-0.3, -0.25) is 9.59 Å². The lowest BCUT2D eigenvalue weighted by atomic mass is 9.98. The number of ether oxygens (including phenoxy) is 4. The molecular formula is C22H31NO7. The Hall–Kier alpha value is -2.45. The molecule has 1 aliphatic rings. The highest BCUT2D eigenvalue weighted by atomic mass is 16.7. The van der Waals surface area contributed by atoms with Gasteiger partial charge in [0.15, 0.2) is 5.78 Å². The van der Waals surface area contributed by atoms with Gasteiger partial charge >= 0.3 is 5.97 Å². The average Bonchev–Trinajstić information content (AvgIpc) is 2.76. The molecule has 1 fully saturated rings. The van der Waals surface area contributed by atoms with Gasteiger partial charge in [-0.2, -0.15) is 0 Å². The van der Waals surface area contributed by atoms with E-state index in [2.05, 4.69) is 10.1 Å². The zero-order valence-corrected chi connectivity index (χ0v) is 18.1. The molecule has 0 saturated carbocycles. The summed E-state index contributed by atoms with van der Waals surface area (Å²) in [5, 5.41) is 2.81. The zero-order valence-electron chi connectivity index (χ0n) is 18.1. The first kappa shape index (κ1) is 23.8. The molecule has 0 aromatic heterocycles. The summed E-state index contributed by atoms with van der Waals surface area (Å²) in [4.78, 5) is 36.0. The van der Waals surface area contributed by atoms with E-state index in [0.717, 1.165) is 19.3 Å². The van der Waals surface area contributed by atoms with Gasteiger partial charge in [-0.05, 0) is 44.0 Å². The quantitative estimate of drug-likeness (QED) is 0.458. The molecular weight excluding hydrogens is 390 g/mol. The molecule has 1 saturated heterocycles. The lowest BCUT2D eigenvalue weighted by molar-refractivity contribution is -0.272. The highest BCUT2D eigenvalue weighted by Crippen LogP contribution is 2.25. The normalized spacial score (nSPS) is 22.1. The fourth-order valence-corrected chi connectivity index (χ4v) is 3.26. The fraction of sp³-hybridized carbons (Fsp3) is 0.591. The average molecular weight is 421 g/mol. The monoisotopic (exact) mass is 421 g/mol. The van der Waals surface area contributed by atoms with Crippen LogP contribution in [0.5, 0.6) is 5.75 Å². The van der Waals surface area contributed by atoms with Gasteiger partial charge in [-0.25, -0.2) is 4.79 Å². The summed E-state index contributed by atoms with van der Waals surface area (Å²) in [6.45, 7) is 3.86. The summed E-state index contributed by atoms with van der Waals surface area (Å²) in [6.07, 6.45) is 3.03. The van der Waals surface area contributed by atoms with Crippen molar-refractivity contribution in [2.24, 2.45) is 5.92 Å². The first-order valence-corrected chi connectivity index (χ1v) is 10.1. The number of Topliss-reactive ketones (excluding diaryl/α,β-unsaturated/α-hetero) is 1. The number of ketones is 1. The van der Waals surface area contributed by atoms with Gasteiger partial charge in [-0.1, -0.05) is 12.8 Å². The molecule has 1 N–H and O–H groups in total. The molecule has 1 aliphatic heterocycles. The van der Waals surface area contributed by atoms with Crippen LogP contribution >= 0.6 is 0 Å². The van der Waals surface area contributed by atoms with Crippen LogP contribution in [-0.2, 0) is 23.8 Å². The minimum absolute atomic E-state index is 0.0740. The molecule has 1 unspecified atom stereocenters. The summed E-state index contributed by atoms with van der Waals surface area (Å²) >= 11 is 0. The number of hydrogen-bond donors (Lipinski definition) is 1. The molecule has 1 atom stereocenters. The first-order chi connectivity index (χ1) is 14.3. The maximum absolute atomic E-state index is 12.4. The van der Waals surface area contributed by atoms with E-state index in [1.165, 1.54) is 14.0 Å². The Bertz CT molecular complexity index is 724. The molecule has 1 aromatic rings. The van der Waals surface area contributed by atoms with Crippen molar-refractivity contribution in [2.45, 2.75) is 51.4 Å². The van der Waals surface area contributed by atoms with Crippen LogP contribution in [0.1, 0.15) is 49.9 Å². The Morgan fingerprint density at radius 2 is 1.77 bits per heavy atom. The van der Waals surface area contributed by atoms with Crippen molar-refractivity contribution in [3.8, 4) is 5.75 Å². The van der Waals surface area contributed by atoms with Crippen molar-refractivity contribution in [2.75, 3.05) is 27.4 Å². The Morgan fingerprint density at radius 3 is 2.30 bits per heavy atom. The molecule has 1 amide bonds. The van der Waals surface area contributed by atoms with E-state index < -0.39 is 17.8 Å². The van der Waals surface area contributed by atoms with E-state index in [-0.39, 0.29) is 17.6 Å². The number of carbonyl (C=O) groups is 3. The predicted molar refractivity (Wildman–Crippen MR) is 109 cm³/mol. The second-order valence-corrected chi connectivity index (χ2v) is 7.57. The molecule has 0 spiro atoms. The summed E-state index contributed by atoms with van der Waals surface area (Å²) in [5.74, 6) is -1.40. The van der Waals surface area contributed by atoms with Crippen LogP contribution in [0.2, 0.25) is 0 Å². The van der Waals surface area contributed by atoms with Crippen LogP contribution in [-0.4, -0.2) is 56.9 Å². The number of hydrogen-bond acceptors (Lipinski definition) is 7. The lowest BCUT2D eigenvalue weighted by Crippen LogP contribution is -2.48. The molecule has 166 valence electrons. The maximum Gasteiger partial charge on any atom is 0.366 e. The number of esters is 1. The molecule has 1 aromatic carbocycles. The highest BCUT2D eigenvalue weighted by Gasteiger charge is 2.41. The topological polar surface area (TPSA) is 100 Å². The molecule has 0 aliphatic carbocycles. The van der Waals surface area contributed by atoms with E-state index in [1.807, 2.05) is 0 Å². The van der Waals surface area contributed by atoms with Crippen molar-refractivity contribution >= 4 is 17.7 Å². The van der Waals surface area contributed by atoms with Crippen molar-refractivity contribution in [1.29, 1.82) is 0 Å². The highest BCUT2D eigenvalue weighted by molar-refractivity contribution is 5.97. The van der Waals surface area contributed by atoms with Crippen LogP contribution < -0.4 is 10.1 Å². The Balaban J connectivity index is 1.74. The van der Waals surface area contributed by atoms with Crippen molar-refractivity contribution < 1.29 is 33.3 Å². The lowest BCUT2D eigenvalue weighted by Gasteiger charge is -2.35.